The van der Waals surface area contributed by atoms with Crippen LogP contribution in [0.15, 0.2) is 36.4 Å². The Kier molecular flexibility index (Phi) is 7.85. The molecule has 0 aromatic heterocycles. The summed E-state index contributed by atoms with van der Waals surface area (Å²) in [4.78, 5) is 46.0. The van der Waals surface area contributed by atoms with E-state index in [0.717, 1.165) is 12.2 Å². The maximum absolute atomic E-state index is 11.9. The third kappa shape index (κ3) is 7.30. The second-order valence-electron chi connectivity index (χ2n) is 5.25. The van der Waals surface area contributed by atoms with Gasteiger partial charge in [0.15, 0.2) is 0 Å². The number of hydrogen-bond donors (Lipinski definition) is 3. The van der Waals surface area contributed by atoms with E-state index in [1.807, 2.05) is 0 Å². The summed E-state index contributed by atoms with van der Waals surface area (Å²) in [7, 11) is 0. The summed E-state index contributed by atoms with van der Waals surface area (Å²) in [6.07, 6.45) is 1.90. The summed E-state index contributed by atoms with van der Waals surface area (Å²) in [5.41, 5.74) is 5.20. The number of nitrogens with one attached hydrogen (secondary N) is 3. The van der Waals surface area contributed by atoms with Crippen molar-refractivity contribution in [3.63, 3.8) is 0 Å². The lowest BCUT2D eigenvalue weighted by Crippen LogP contribution is -2.40. The van der Waals surface area contributed by atoms with Gasteiger partial charge < -0.3 is 10.1 Å². The summed E-state index contributed by atoms with van der Waals surface area (Å²) in [6.45, 7) is 5.40. The van der Waals surface area contributed by atoms with Crippen molar-refractivity contribution in [2.45, 2.75) is 20.8 Å². The van der Waals surface area contributed by atoms with Gasteiger partial charge in [-0.05, 0) is 31.2 Å². The Hall–Kier alpha value is -3.16. The molecule has 0 aliphatic heterocycles. The van der Waals surface area contributed by atoms with Gasteiger partial charge in [-0.2, -0.15) is 0 Å². The van der Waals surface area contributed by atoms with E-state index in [1.165, 1.54) is 12.1 Å². The second kappa shape index (κ2) is 9.86. The van der Waals surface area contributed by atoms with Gasteiger partial charge in [0.25, 0.3) is 11.8 Å². The van der Waals surface area contributed by atoms with Gasteiger partial charge in [-0.3, -0.25) is 25.2 Å². The molecule has 0 radical (unpaired) electrons. The van der Waals surface area contributed by atoms with E-state index < -0.39 is 17.8 Å². The molecule has 134 valence electrons. The highest BCUT2D eigenvalue weighted by atomic mass is 16.5. The summed E-state index contributed by atoms with van der Waals surface area (Å²) >= 11 is 0. The van der Waals surface area contributed by atoms with E-state index in [2.05, 4.69) is 20.9 Å². The molecule has 1 aromatic carbocycles. The van der Waals surface area contributed by atoms with Crippen LogP contribution in [0.5, 0.6) is 0 Å². The molecule has 0 atom stereocenters. The monoisotopic (exact) mass is 347 g/mol. The lowest BCUT2D eigenvalue weighted by Gasteiger charge is -2.09. The number of hydrazine groups is 1. The Morgan fingerprint density at radius 1 is 1.04 bits per heavy atom. The number of ether oxygens (including phenoxy) is 1. The highest BCUT2D eigenvalue weighted by Crippen LogP contribution is 2.10. The van der Waals surface area contributed by atoms with E-state index in [-0.39, 0.29) is 24.0 Å². The summed E-state index contributed by atoms with van der Waals surface area (Å²) in [6, 6.07) is 6.17. The minimum atomic E-state index is -0.679. The molecule has 0 fully saturated rings. The van der Waals surface area contributed by atoms with Crippen molar-refractivity contribution in [3.05, 3.63) is 42.0 Å². The first kappa shape index (κ1) is 19.9. The molecule has 8 nitrogen and oxygen atoms in total. The highest BCUT2D eigenvalue weighted by Gasteiger charge is 2.09. The van der Waals surface area contributed by atoms with Gasteiger partial charge in [-0.1, -0.05) is 13.8 Å². The van der Waals surface area contributed by atoms with E-state index in [4.69, 9.17) is 0 Å². The van der Waals surface area contributed by atoms with Crippen LogP contribution in [0.1, 0.15) is 31.1 Å². The largest absolute Gasteiger partial charge is 0.463 e. The lowest BCUT2D eigenvalue weighted by atomic mass is 10.1. The van der Waals surface area contributed by atoms with E-state index in [9.17, 15) is 19.2 Å². The number of hydrogen-bond acceptors (Lipinski definition) is 5. The van der Waals surface area contributed by atoms with Crippen molar-refractivity contribution in [2.75, 3.05) is 11.9 Å². The van der Waals surface area contributed by atoms with Crippen LogP contribution >= 0.6 is 0 Å². The maximum atomic E-state index is 11.9. The maximum Gasteiger partial charge on any atom is 0.330 e. The molecule has 0 saturated heterocycles. The minimum Gasteiger partial charge on any atom is -0.463 e. The molecule has 8 heteroatoms. The van der Waals surface area contributed by atoms with Crippen LogP contribution in [-0.4, -0.2) is 30.3 Å². The zero-order chi connectivity index (χ0) is 18.8. The Labute approximate surface area is 145 Å². The van der Waals surface area contributed by atoms with Crippen molar-refractivity contribution >= 4 is 29.4 Å². The summed E-state index contributed by atoms with van der Waals surface area (Å²) < 4.78 is 4.62. The Morgan fingerprint density at radius 3 is 2.24 bits per heavy atom. The lowest BCUT2D eigenvalue weighted by molar-refractivity contribution is -0.137. The predicted molar refractivity (Wildman–Crippen MR) is 91.3 cm³/mol. The molecule has 0 aliphatic rings. The molecule has 3 N–H and O–H groups in total. The fourth-order valence-corrected chi connectivity index (χ4v) is 1.56. The van der Waals surface area contributed by atoms with Gasteiger partial charge in [0, 0.05) is 29.3 Å². The summed E-state index contributed by atoms with van der Waals surface area (Å²) in [5, 5.41) is 2.70. The number of carbonyl (C=O) groups is 4. The van der Waals surface area contributed by atoms with Gasteiger partial charge in [0.2, 0.25) is 5.91 Å². The molecule has 0 aliphatic carbocycles. The third-order valence-electron chi connectivity index (χ3n) is 2.90. The molecule has 0 bridgehead atoms. The fourth-order valence-electron chi connectivity index (χ4n) is 1.56. The van der Waals surface area contributed by atoms with E-state index in [1.54, 1.807) is 32.9 Å². The average Bonchev–Trinajstić information content (AvgIpc) is 2.58. The van der Waals surface area contributed by atoms with Crippen LogP contribution in [0.2, 0.25) is 0 Å². The molecular weight excluding hydrogens is 326 g/mol. The van der Waals surface area contributed by atoms with Crippen molar-refractivity contribution < 1.29 is 23.9 Å². The number of anilines is 1. The molecule has 1 rings (SSSR count). The number of benzene rings is 1. The van der Waals surface area contributed by atoms with Crippen LogP contribution in [-0.2, 0) is 19.1 Å². The van der Waals surface area contributed by atoms with Crippen LogP contribution in [0.25, 0.3) is 0 Å². The zero-order valence-corrected chi connectivity index (χ0v) is 14.3. The van der Waals surface area contributed by atoms with E-state index in [0.29, 0.717) is 5.69 Å². The predicted octanol–water partition coefficient (Wildman–Crippen LogP) is 1.16. The van der Waals surface area contributed by atoms with Crippen molar-refractivity contribution in [3.8, 4) is 0 Å². The topological polar surface area (TPSA) is 114 Å². The standard InChI is InChI=1S/C17H21N3O5/c1-4-25-15(22)10-9-14(21)19-20-17(24)12-5-7-13(8-6-12)18-16(23)11(2)3/h5-11H,4H2,1-3H3,(H,18,23)(H,19,21)(H,20,24). The molecule has 0 unspecified atom stereocenters. The number of carbonyl (C=O) groups excluding carboxylic acids is 4. The minimum absolute atomic E-state index is 0.127. The van der Waals surface area contributed by atoms with Crippen LogP contribution in [0.3, 0.4) is 0 Å². The number of esters is 1. The fraction of sp³-hybridized carbons (Fsp3) is 0.294. The van der Waals surface area contributed by atoms with Gasteiger partial charge in [0.1, 0.15) is 0 Å². The Balaban J connectivity index is 2.51. The summed E-state index contributed by atoms with van der Waals surface area (Å²) in [5.74, 6) is -2.15. The van der Waals surface area contributed by atoms with E-state index >= 15 is 0 Å². The third-order valence-corrected chi connectivity index (χ3v) is 2.90. The first-order valence-corrected chi connectivity index (χ1v) is 7.69. The van der Waals surface area contributed by atoms with Crippen LogP contribution < -0.4 is 16.2 Å². The van der Waals surface area contributed by atoms with Crippen molar-refractivity contribution in [1.29, 1.82) is 0 Å². The molecule has 0 saturated carbocycles. The zero-order valence-electron chi connectivity index (χ0n) is 14.3. The normalized spacial score (nSPS) is 10.4. The average molecular weight is 347 g/mol. The van der Waals surface area contributed by atoms with Crippen LogP contribution in [0, 0.1) is 5.92 Å². The molecule has 0 heterocycles. The Bertz CT molecular complexity index is 665. The molecule has 1 aromatic rings. The molecular formula is C17H21N3O5. The van der Waals surface area contributed by atoms with Gasteiger partial charge >= 0.3 is 5.97 Å². The first-order valence-electron chi connectivity index (χ1n) is 7.69. The van der Waals surface area contributed by atoms with Crippen molar-refractivity contribution in [1.82, 2.24) is 10.9 Å². The molecule has 0 spiro atoms. The number of rotatable bonds is 6. The van der Waals surface area contributed by atoms with Crippen molar-refractivity contribution in [2.24, 2.45) is 5.92 Å². The number of amides is 3. The van der Waals surface area contributed by atoms with Gasteiger partial charge in [-0.15, -0.1) is 0 Å². The van der Waals surface area contributed by atoms with Gasteiger partial charge in [0.05, 0.1) is 6.61 Å². The Morgan fingerprint density at radius 2 is 1.68 bits per heavy atom. The smallest absolute Gasteiger partial charge is 0.330 e. The first-order chi connectivity index (χ1) is 11.8. The van der Waals surface area contributed by atoms with Crippen LogP contribution in [0.4, 0.5) is 5.69 Å². The second-order valence-corrected chi connectivity index (χ2v) is 5.25. The highest BCUT2D eigenvalue weighted by molar-refractivity contribution is 5.99. The molecule has 3 amide bonds. The van der Waals surface area contributed by atoms with Gasteiger partial charge in [-0.25, -0.2) is 4.79 Å². The quantitative estimate of drug-likeness (QED) is 0.406. The SMILES string of the molecule is CCOC(=O)C=CC(=O)NNC(=O)c1ccc(NC(=O)C(C)C)cc1. The molecule has 25 heavy (non-hydrogen) atoms.